The lowest BCUT2D eigenvalue weighted by Crippen LogP contribution is -2.00. The van der Waals surface area contributed by atoms with Gasteiger partial charge in [-0.3, -0.25) is 4.68 Å². The summed E-state index contributed by atoms with van der Waals surface area (Å²) >= 11 is 0. The van der Waals surface area contributed by atoms with Crippen LogP contribution in [0.3, 0.4) is 0 Å². The van der Waals surface area contributed by atoms with Gasteiger partial charge in [-0.1, -0.05) is 0 Å². The van der Waals surface area contributed by atoms with Crippen LogP contribution in [0.15, 0.2) is 36.7 Å². The molecule has 2 aromatic rings. The van der Waals surface area contributed by atoms with Crippen LogP contribution in [-0.2, 0) is 13.5 Å². The minimum absolute atomic E-state index is 0.671. The van der Waals surface area contributed by atoms with E-state index in [1.165, 1.54) is 5.56 Å². The summed E-state index contributed by atoms with van der Waals surface area (Å²) < 4.78 is 7.46. The van der Waals surface area contributed by atoms with Gasteiger partial charge in [0.25, 0.3) is 0 Å². The van der Waals surface area contributed by atoms with Crippen LogP contribution in [0.2, 0.25) is 0 Å². The number of nitrogens with one attached hydrogen (secondary N) is 1. The lowest BCUT2D eigenvalue weighted by molar-refractivity contribution is 0.322. The number of benzene rings is 1. The van der Waals surface area contributed by atoms with Crippen molar-refractivity contribution in [1.82, 2.24) is 9.78 Å². The van der Waals surface area contributed by atoms with Crippen molar-refractivity contribution in [2.24, 2.45) is 7.05 Å². The van der Waals surface area contributed by atoms with Crippen LogP contribution in [0.1, 0.15) is 5.56 Å². The molecule has 4 nitrogen and oxygen atoms in total. The standard InChI is InChI=1S/C13H17N3O/c1-14-12-3-5-13(6-4-12)17-8-7-11-9-15-16(2)10-11/h3-6,9-10,14H,7-8H2,1-2H3. The molecule has 0 spiro atoms. The second-order valence-corrected chi connectivity index (χ2v) is 3.90. The summed E-state index contributed by atoms with van der Waals surface area (Å²) in [6.07, 6.45) is 4.75. The van der Waals surface area contributed by atoms with E-state index >= 15 is 0 Å². The summed E-state index contributed by atoms with van der Waals surface area (Å²) in [7, 11) is 3.82. The van der Waals surface area contributed by atoms with E-state index in [0.717, 1.165) is 17.9 Å². The third-order valence-electron chi connectivity index (χ3n) is 2.56. The maximum Gasteiger partial charge on any atom is 0.119 e. The highest BCUT2D eigenvalue weighted by atomic mass is 16.5. The molecule has 0 aliphatic rings. The third-order valence-corrected chi connectivity index (χ3v) is 2.56. The normalized spacial score (nSPS) is 10.2. The largest absolute Gasteiger partial charge is 0.493 e. The van der Waals surface area contributed by atoms with Crippen LogP contribution in [0.4, 0.5) is 5.69 Å². The van der Waals surface area contributed by atoms with E-state index in [1.807, 2.05) is 50.8 Å². The average molecular weight is 231 g/mol. The fraction of sp³-hybridized carbons (Fsp3) is 0.308. The van der Waals surface area contributed by atoms with Gasteiger partial charge in [0.05, 0.1) is 12.8 Å². The number of anilines is 1. The highest BCUT2D eigenvalue weighted by Gasteiger charge is 1.98. The minimum atomic E-state index is 0.671. The van der Waals surface area contributed by atoms with Crippen molar-refractivity contribution in [2.75, 3.05) is 19.0 Å². The summed E-state index contributed by atoms with van der Waals surface area (Å²) in [4.78, 5) is 0. The van der Waals surface area contributed by atoms with Gasteiger partial charge in [-0.05, 0) is 29.8 Å². The molecule has 1 aromatic carbocycles. The molecule has 0 saturated heterocycles. The van der Waals surface area contributed by atoms with E-state index in [2.05, 4.69) is 10.4 Å². The lowest BCUT2D eigenvalue weighted by Gasteiger charge is -2.06. The predicted molar refractivity (Wildman–Crippen MR) is 68.4 cm³/mol. The molecule has 90 valence electrons. The highest BCUT2D eigenvalue weighted by Crippen LogP contribution is 2.15. The highest BCUT2D eigenvalue weighted by molar-refractivity contribution is 5.45. The zero-order chi connectivity index (χ0) is 12.1. The van der Waals surface area contributed by atoms with Gasteiger partial charge in [-0.25, -0.2) is 0 Å². The first-order valence-electron chi connectivity index (χ1n) is 5.66. The van der Waals surface area contributed by atoms with E-state index in [9.17, 15) is 0 Å². The first-order chi connectivity index (χ1) is 8.28. The van der Waals surface area contributed by atoms with Crippen molar-refractivity contribution in [1.29, 1.82) is 0 Å². The summed E-state index contributed by atoms with van der Waals surface area (Å²) in [6, 6.07) is 7.93. The van der Waals surface area contributed by atoms with Gasteiger partial charge in [0, 0.05) is 32.4 Å². The van der Waals surface area contributed by atoms with Gasteiger partial charge in [-0.2, -0.15) is 5.10 Å². The van der Waals surface area contributed by atoms with Crippen molar-refractivity contribution in [3.05, 3.63) is 42.2 Å². The zero-order valence-corrected chi connectivity index (χ0v) is 10.2. The Morgan fingerprint density at radius 1 is 1.29 bits per heavy atom. The maximum atomic E-state index is 5.65. The van der Waals surface area contributed by atoms with E-state index < -0.39 is 0 Å². The monoisotopic (exact) mass is 231 g/mol. The van der Waals surface area contributed by atoms with Crippen molar-refractivity contribution in [2.45, 2.75) is 6.42 Å². The molecule has 0 aliphatic carbocycles. The van der Waals surface area contributed by atoms with E-state index in [0.29, 0.717) is 6.61 Å². The molecule has 0 fully saturated rings. The Kier molecular flexibility index (Phi) is 3.65. The molecule has 0 saturated carbocycles. The Morgan fingerprint density at radius 3 is 2.65 bits per heavy atom. The Balaban J connectivity index is 1.81. The fourth-order valence-corrected chi connectivity index (χ4v) is 1.61. The number of hydrogen-bond acceptors (Lipinski definition) is 3. The van der Waals surface area contributed by atoms with Gasteiger partial charge in [-0.15, -0.1) is 0 Å². The topological polar surface area (TPSA) is 39.1 Å². The first-order valence-corrected chi connectivity index (χ1v) is 5.66. The molecule has 0 atom stereocenters. The number of aromatic nitrogens is 2. The molecule has 1 N–H and O–H groups in total. The average Bonchev–Trinajstić information content (AvgIpc) is 2.76. The number of aryl methyl sites for hydroxylation is 1. The summed E-state index contributed by atoms with van der Waals surface area (Å²) in [6.45, 7) is 0.671. The molecule has 1 heterocycles. The van der Waals surface area contributed by atoms with Crippen molar-refractivity contribution >= 4 is 5.69 Å². The van der Waals surface area contributed by atoms with Gasteiger partial charge in [0.15, 0.2) is 0 Å². The number of hydrogen-bond donors (Lipinski definition) is 1. The second-order valence-electron chi connectivity index (χ2n) is 3.90. The molecule has 0 radical (unpaired) electrons. The predicted octanol–water partition coefficient (Wildman–Crippen LogP) is 2.08. The van der Waals surface area contributed by atoms with E-state index in [-0.39, 0.29) is 0 Å². The molecule has 4 heteroatoms. The Labute approximate surface area is 101 Å². The third kappa shape index (κ3) is 3.24. The SMILES string of the molecule is CNc1ccc(OCCc2cnn(C)c2)cc1. The van der Waals surface area contributed by atoms with Crippen LogP contribution in [0.5, 0.6) is 5.75 Å². The molecular weight excluding hydrogens is 214 g/mol. The van der Waals surface area contributed by atoms with Crippen LogP contribution >= 0.6 is 0 Å². The van der Waals surface area contributed by atoms with Crippen LogP contribution in [-0.4, -0.2) is 23.4 Å². The second kappa shape index (κ2) is 5.39. The Morgan fingerprint density at radius 2 is 2.06 bits per heavy atom. The van der Waals surface area contributed by atoms with Crippen LogP contribution in [0, 0.1) is 0 Å². The molecule has 1 aromatic heterocycles. The summed E-state index contributed by atoms with van der Waals surface area (Å²) in [5, 5.41) is 7.19. The first kappa shape index (κ1) is 11.5. The van der Waals surface area contributed by atoms with Crippen molar-refractivity contribution in [3.63, 3.8) is 0 Å². The fourth-order valence-electron chi connectivity index (χ4n) is 1.61. The molecule has 2 rings (SSSR count). The lowest BCUT2D eigenvalue weighted by atomic mass is 10.2. The number of ether oxygens (including phenoxy) is 1. The molecule has 0 aliphatic heterocycles. The van der Waals surface area contributed by atoms with Gasteiger partial charge in [0.1, 0.15) is 5.75 Å². The van der Waals surface area contributed by atoms with Gasteiger partial charge in [0.2, 0.25) is 0 Å². The Bertz CT molecular complexity index is 462. The minimum Gasteiger partial charge on any atom is -0.493 e. The van der Waals surface area contributed by atoms with Gasteiger partial charge < -0.3 is 10.1 Å². The summed E-state index contributed by atoms with van der Waals surface area (Å²) in [5.41, 5.74) is 2.28. The molecule has 0 amide bonds. The summed E-state index contributed by atoms with van der Waals surface area (Å²) in [5.74, 6) is 0.896. The van der Waals surface area contributed by atoms with Crippen LogP contribution in [0.25, 0.3) is 0 Å². The zero-order valence-electron chi connectivity index (χ0n) is 10.2. The van der Waals surface area contributed by atoms with Crippen molar-refractivity contribution in [3.8, 4) is 5.75 Å². The quantitative estimate of drug-likeness (QED) is 0.856. The number of rotatable bonds is 5. The van der Waals surface area contributed by atoms with E-state index in [4.69, 9.17) is 4.74 Å². The molecular formula is C13H17N3O. The molecule has 17 heavy (non-hydrogen) atoms. The Hall–Kier alpha value is -1.97. The smallest absolute Gasteiger partial charge is 0.119 e. The number of nitrogens with zero attached hydrogens (tertiary/aromatic N) is 2. The van der Waals surface area contributed by atoms with Crippen LogP contribution < -0.4 is 10.1 Å². The molecule has 0 unspecified atom stereocenters. The van der Waals surface area contributed by atoms with Crippen molar-refractivity contribution < 1.29 is 4.74 Å². The maximum absolute atomic E-state index is 5.65. The van der Waals surface area contributed by atoms with E-state index in [1.54, 1.807) is 4.68 Å². The van der Waals surface area contributed by atoms with Gasteiger partial charge >= 0.3 is 0 Å². The molecule has 0 bridgehead atoms.